The Morgan fingerprint density at radius 1 is 1.29 bits per heavy atom. The first-order valence-electron chi connectivity index (χ1n) is 5.45. The fraction of sp³-hybridized carbons (Fsp3) is 0.500. The molecule has 0 fully saturated rings. The molecule has 1 aromatic rings. The fourth-order valence-corrected chi connectivity index (χ4v) is 2.81. The van der Waals surface area contributed by atoms with Crippen LogP contribution in [0.15, 0.2) is 23.1 Å². The smallest absolute Gasteiger partial charge is 0.242 e. The molecular formula is C12H17NO3S. The minimum atomic E-state index is -3.38. The van der Waals surface area contributed by atoms with E-state index in [1.54, 1.807) is 12.1 Å². The Balaban J connectivity index is 2.51. The van der Waals surface area contributed by atoms with Crippen LogP contribution in [0.2, 0.25) is 0 Å². The van der Waals surface area contributed by atoms with Crippen molar-refractivity contribution in [2.75, 3.05) is 20.7 Å². The van der Waals surface area contributed by atoms with Crippen LogP contribution >= 0.6 is 0 Å². The van der Waals surface area contributed by atoms with E-state index in [1.165, 1.54) is 18.4 Å². The van der Waals surface area contributed by atoms with Crippen molar-refractivity contribution in [1.29, 1.82) is 0 Å². The lowest BCUT2D eigenvalue weighted by Crippen LogP contribution is -2.22. The molecule has 0 unspecified atom stereocenters. The Morgan fingerprint density at radius 3 is 2.53 bits per heavy atom. The van der Waals surface area contributed by atoms with E-state index >= 15 is 0 Å². The van der Waals surface area contributed by atoms with E-state index in [0.29, 0.717) is 12.4 Å². The Morgan fingerprint density at radius 2 is 1.94 bits per heavy atom. The van der Waals surface area contributed by atoms with E-state index in [4.69, 9.17) is 4.74 Å². The summed E-state index contributed by atoms with van der Waals surface area (Å²) in [5.74, 6) is 0.679. The summed E-state index contributed by atoms with van der Waals surface area (Å²) < 4.78 is 30.7. The minimum absolute atomic E-state index is 0.0459. The van der Waals surface area contributed by atoms with Gasteiger partial charge in [-0.2, -0.15) is 0 Å². The minimum Gasteiger partial charge on any atom is -0.492 e. The number of ether oxygens (including phenoxy) is 1. The van der Waals surface area contributed by atoms with Crippen molar-refractivity contribution in [1.82, 2.24) is 4.31 Å². The van der Waals surface area contributed by atoms with Gasteiger partial charge in [-0.1, -0.05) is 19.9 Å². The van der Waals surface area contributed by atoms with Crippen molar-refractivity contribution in [2.45, 2.75) is 24.2 Å². The quantitative estimate of drug-likeness (QED) is 0.806. The molecule has 0 saturated carbocycles. The Bertz CT molecular complexity index is 547. The van der Waals surface area contributed by atoms with Gasteiger partial charge >= 0.3 is 0 Å². The van der Waals surface area contributed by atoms with Crippen LogP contribution in [-0.4, -0.2) is 33.4 Å². The maximum atomic E-state index is 12.0. The molecule has 94 valence electrons. The standard InChI is InChI=1S/C12H17NO3S/c1-12(2)8-16-11-7-9(5-6-10(11)12)17(14,15)13(3)4/h5-7H,8H2,1-4H3. The SMILES string of the molecule is CN(C)S(=O)(=O)c1ccc2c(c1)OCC2(C)C. The van der Waals surface area contributed by atoms with E-state index in [2.05, 4.69) is 13.8 Å². The Labute approximate surface area is 102 Å². The van der Waals surface area contributed by atoms with Crippen LogP contribution < -0.4 is 4.74 Å². The maximum absolute atomic E-state index is 12.0. The van der Waals surface area contributed by atoms with Gasteiger partial charge in [0, 0.05) is 31.1 Å². The van der Waals surface area contributed by atoms with Crippen LogP contribution in [0.25, 0.3) is 0 Å². The second kappa shape index (κ2) is 3.71. The van der Waals surface area contributed by atoms with Crippen LogP contribution in [0, 0.1) is 0 Å². The molecule has 0 atom stereocenters. The summed E-state index contributed by atoms with van der Waals surface area (Å²) in [5.41, 5.74) is 1.02. The number of hydrogen-bond acceptors (Lipinski definition) is 3. The Kier molecular flexibility index (Phi) is 2.71. The molecule has 1 aromatic carbocycles. The topological polar surface area (TPSA) is 46.6 Å². The van der Waals surface area contributed by atoms with Crippen LogP contribution in [0.1, 0.15) is 19.4 Å². The molecule has 5 heteroatoms. The summed E-state index contributed by atoms with van der Waals surface area (Å²) in [6.45, 7) is 4.76. The van der Waals surface area contributed by atoms with Gasteiger partial charge in [0.15, 0.2) is 0 Å². The highest BCUT2D eigenvalue weighted by Gasteiger charge is 2.32. The molecule has 0 saturated heterocycles. The normalized spacial score (nSPS) is 17.9. The average Bonchev–Trinajstić information content (AvgIpc) is 2.54. The highest BCUT2D eigenvalue weighted by atomic mass is 32.2. The van der Waals surface area contributed by atoms with Crippen molar-refractivity contribution < 1.29 is 13.2 Å². The molecule has 2 rings (SSSR count). The number of sulfonamides is 1. The molecule has 4 nitrogen and oxygen atoms in total. The lowest BCUT2D eigenvalue weighted by molar-refractivity contribution is 0.290. The van der Waals surface area contributed by atoms with E-state index in [-0.39, 0.29) is 10.3 Å². The van der Waals surface area contributed by atoms with Crippen molar-refractivity contribution in [3.05, 3.63) is 23.8 Å². The molecular weight excluding hydrogens is 238 g/mol. The second-order valence-electron chi connectivity index (χ2n) is 5.12. The molecule has 0 spiro atoms. The fourth-order valence-electron chi connectivity index (χ4n) is 1.89. The molecule has 0 aromatic heterocycles. The third kappa shape index (κ3) is 1.93. The molecule has 1 aliphatic heterocycles. The third-order valence-corrected chi connectivity index (χ3v) is 4.86. The third-order valence-electron chi connectivity index (χ3n) is 3.05. The first kappa shape index (κ1) is 12.4. The molecule has 0 aliphatic carbocycles. The molecule has 0 amide bonds. The van der Waals surface area contributed by atoms with Crippen molar-refractivity contribution in [3.8, 4) is 5.75 Å². The van der Waals surface area contributed by atoms with Crippen LogP contribution in [0.3, 0.4) is 0 Å². The maximum Gasteiger partial charge on any atom is 0.242 e. The molecule has 0 bridgehead atoms. The highest BCUT2D eigenvalue weighted by Crippen LogP contribution is 2.39. The van der Waals surface area contributed by atoms with Gasteiger partial charge in [-0.15, -0.1) is 0 Å². The summed E-state index contributed by atoms with van der Waals surface area (Å²) >= 11 is 0. The van der Waals surface area contributed by atoms with Crippen LogP contribution in [-0.2, 0) is 15.4 Å². The van der Waals surface area contributed by atoms with Crippen molar-refractivity contribution >= 4 is 10.0 Å². The number of fused-ring (bicyclic) bond motifs is 1. The van der Waals surface area contributed by atoms with Gasteiger partial charge in [0.1, 0.15) is 5.75 Å². The average molecular weight is 255 g/mol. The van der Waals surface area contributed by atoms with Crippen molar-refractivity contribution in [2.24, 2.45) is 0 Å². The lowest BCUT2D eigenvalue weighted by atomic mass is 9.87. The van der Waals surface area contributed by atoms with Gasteiger partial charge in [-0.25, -0.2) is 12.7 Å². The van der Waals surface area contributed by atoms with Crippen molar-refractivity contribution in [3.63, 3.8) is 0 Å². The molecule has 1 heterocycles. The Hall–Kier alpha value is -1.07. The summed E-state index contributed by atoms with van der Waals surface area (Å²) in [6, 6.07) is 5.10. The summed E-state index contributed by atoms with van der Waals surface area (Å²) in [5, 5.41) is 0. The predicted molar refractivity (Wildman–Crippen MR) is 65.8 cm³/mol. The molecule has 17 heavy (non-hydrogen) atoms. The highest BCUT2D eigenvalue weighted by molar-refractivity contribution is 7.89. The molecule has 0 N–H and O–H groups in total. The molecule has 0 radical (unpaired) electrons. The zero-order valence-electron chi connectivity index (χ0n) is 10.5. The summed E-state index contributed by atoms with van der Waals surface area (Å²) in [6.07, 6.45) is 0. The van der Waals surface area contributed by atoms with Gasteiger partial charge < -0.3 is 4.74 Å². The first-order valence-corrected chi connectivity index (χ1v) is 6.89. The van der Waals surface area contributed by atoms with E-state index < -0.39 is 10.0 Å². The summed E-state index contributed by atoms with van der Waals surface area (Å²) in [7, 11) is -0.340. The van der Waals surface area contributed by atoms with Gasteiger partial charge in [0.2, 0.25) is 10.0 Å². The zero-order chi connectivity index (χ0) is 12.8. The number of rotatable bonds is 2. The van der Waals surface area contributed by atoms with Gasteiger partial charge in [-0.3, -0.25) is 0 Å². The molecule has 1 aliphatic rings. The van der Waals surface area contributed by atoms with Gasteiger partial charge in [-0.05, 0) is 6.07 Å². The largest absolute Gasteiger partial charge is 0.492 e. The monoisotopic (exact) mass is 255 g/mol. The van der Waals surface area contributed by atoms with E-state index in [0.717, 1.165) is 5.56 Å². The predicted octanol–water partition coefficient (Wildman–Crippen LogP) is 1.61. The lowest BCUT2D eigenvalue weighted by Gasteiger charge is -2.16. The number of hydrogen-bond donors (Lipinski definition) is 0. The van der Waals surface area contributed by atoms with Gasteiger partial charge in [0.25, 0.3) is 0 Å². The second-order valence-corrected chi connectivity index (χ2v) is 7.27. The number of nitrogens with zero attached hydrogens (tertiary/aromatic N) is 1. The van der Waals surface area contributed by atoms with E-state index in [1.807, 2.05) is 6.07 Å². The van der Waals surface area contributed by atoms with Crippen LogP contribution in [0.4, 0.5) is 0 Å². The van der Waals surface area contributed by atoms with Gasteiger partial charge in [0.05, 0.1) is 11.5 Å². The van der Waals surface area contributed by atoms with Crippen LogP contribution in [0.5, 0.6) is 5.75 Å². The summed E-state index contributed by atoms with van der Waals surface area (Å²) in [4.78, 5) is 0.277. The zero-order valence-corrected chi connectivity index (χ0v) is 11.3. The van der Waals surface area contributed by atoms with E-state index in [9.17, 15) is 8.42 Å². The number of benzene rings is 1. The first-order chi connectivity index (χ1) is 7.75.